The summed E-state index contributed by atoms with van der Waals surface area (Å²) in [6.45, 7) is -0.571. The van der Waals surface area contributed by atoms with Gasteiger partial charge in [-0.25, -0.2) is 9.59 Å². The molecule has 0 heterocycles. The van der Waals surface area contributed by atoms with E-state index >= 15 is 0 Å². The Bertz CT molecular complexity index is 510. The standard InChI is InChI=1S/C12H13N3O4/c1-19-11(17)10(7-16)15-12(18)14-9-4-2-3-8(5-9)6-13/h2-5,10,16H,7H2,1H3,(H2,14,15,18). The molecule has 0 saturated heterocycles. The monoisotopic (exact) mass is 263 g/mol. The molecule has 7 nitrogen and oxygen atoms in total. The van der Waals surface area contributed by atoms with Crippen LogP contribution >= 0.6 is 0 Å². The van der Waals surface area contributed by atoms with E-state index in [-0.39, 0.29) is 0 Å². The number of nitrogens with one attached hydrogen (secondary N) is 2. The molecular weight excluding hydrogens is 250 g/mol. The number of aliphatic hydroxyl groups is 1. The van der Waals surface area contributed by atoms with Crippen molar-refractivity contribution in [2.75, 3.05) is 19.0 Å². The molecule has 0 aliphatic rings. The third kappa shape index (κ3) is 4.29. The van der Waals surface area contributed by atoms with Gasteiger partial charge in [0.1, 0.15) is 0 Å². The molecule has 0 fully saturated rings. The highest BCUT2D eigenvalue weighted by atomic mass is 16.5. The van der Waals surface area contributed by atoms with Gasteiger partial charge in [-0.2, -0.15) is 5.26 Å². The number of anilines is 1. The van der Waals surface area contributed by atoms with Gasteiger partial charge in [-0.05, 0) is 18.2 Å². The molecule has 2 amide bonds. The number of esters is 1. The molecule has 0 radical (unpaired) electrons. The summed E-state index contributed by atoms with van der Waals surface area (Å²) in [6, 6.07) is 6.39. The van der Waals surface area contributed by atoms with E-state index in [1.54, 1.807) is 18.2 Å². The van der Waals surface area contributed by atoms with Crippen LogP contribution in [0.3, 0.4) is 0 Å². The van der Waals surface area contributed by atoms with E-state index in [9.17, 15) is 9.59 Å². The van der Waals surface area contributed by atoms with Crippen LogP contribution in [0.4, 0.5) is 10.5 Å². The van der Waals surface area contributed by atoms with Crippen molar-refractivity contribution in [3.63, 3.8) is 0 Å². The van der Waals surface area contributed by atoms with Crippen LogP contribution in [-0.4, -0.2) is 36.9 Å². The van der Waals surface area contributed by atoms with Gasteiger partial charge in [0.05, 0.1) is 25.3 Å². The highest BCUT2D eigenvalue weighted by Gasteiger charge is 2.20. The zero-order valence-electron chi connectivity index (χ0n) is 10.2. The number of nitriles is 1. The van der Waals surface area contributed by atoms with Crippen LogP contribution < -0.4 is 10.6 Å². The van der Waals surface area contributed by atoms with Gasteiger partial charge in [0, 0.05) is 5.69 Å². The summed E-state index contributed by atoms with van der Waals surface area (Å²) in [4.78, 5) is 22.7. The summed E-state index contributed by atoms with van der Waals surface area (Å²) in [7, 11) is 1.15. The molecule has 19 heavy (non-hydrogen) atoms. The Kier molecular flexibility index (Phi) is 5.32. The van der Waals surface area contributed by atoms with E-state index in [1.165, 1.54) is 6.07 Å². The van der Waals surface area contributed by atoms with Crippen molar-refractivity contribution >= 4 is 17.7 Å². The first-order valence-electron chi connectivity index (χ1n) is 5.37. The van der Waals surface area contributed by atoms with Crippen molar-refractivity contribution in [3.8, 4) is 6.07 Å². The van der Waals surface area contributed by atoms with Gasteiger partial charge in [-0.3, -0.25) is 0 Å². The van der Waals surface area contributed by atoms with Crippen molar-refractivity contribution in [2.24, 2.45) is 0 Å². The quantitative estimate of drug-likeness (QED) is 0.672. The highest BCUT2D eigenvalue weighted by Crippen LogP contribution is 2.09. The number of amides is 2. The molecule has 0 aromatic heterocycles. The second kappa shape index (κ2) is 6.98. The molecule has 1 unspecified atom stereocenters. The smallest absolute Gasteiger partial charge is 0.330 e. The fourth-order valence-electron chi connectivity index (χ4n) is 1.31. The van der Waals surface area contributed by atoms with Crippen molar-refractivity contribution < 1.29 is 19.4 Å². The first-order chi connectivity index (χ1) is 9.10. The first kappa shape index (κ1) is 14.5. The number of nitrogens with zero attached hydrogens (tertiary/aromatic N) is 1. The molecule has 1 aromatic carbocycles. The lowest BCUT2D eigenvalue weighted by atomic mass is 10.2. The number of aliphatic hydroxyl groups excluding tert-OH is 1. The Balaban J connectivity index is 2.64. The maximum Gasteiger partial charge on any atom is 0.330 e. The number of methoxy groups -OCH3 is 1. The molecule has 3 N–H and O–H groups in total. The zero-order chi connectivity index (χ0) is 14.3. The van der Waals surface area contributed by atoms with Crippen LogP contribution in [-0.2, 0) is 9.53 Å². The maximum atomic E-state index is 11.6. The number of carbonyl (C=O) groups excluding carboxylic acids is 2. The molecule has 1 rings (SSSR count). The van der Waals surface area contributed by atoms with E-state index in [0.717, 1.165) is 7.11 Å². The zero-order valence-corrected chi connectivity index (χ0v) is 10.2. The average Bonchev–Trinajstić information content (AvgIpc) is 2.44. The van der Waals surface area contributed by atoms with Gasteiger partial charge < -0.3 is 20.5 Å². The molecule has 1 atom stereocenters. The molecule has 1 aromatic rings. The minimum absolute atomic E-state index is 0.393. The largest absolute Gasteiger partial charge is 0.467 e. The fourth-order valence-corrected chi connectivity index (χ4v) is 1.31. The number of rotatable bonds is 4. The number of benzene rings is 1. The maximum absolute atomic E-state index is 11.6. The van der Waals surface area contributed by atoms with E-state index in [2.05, 4.69) is 15.4 Å². The molecule has 0 saturated carbocycles. The van der Waals surface area contributed by atoms with Crippen molar-refractivity contribution in [3.05, 3.63) is 29.8 Å². The summed E-state index contributed by atoms with van der Waals surface area (Å²) < 4.78 is 4.41. The lowest BCUT2D eigenvalue weighted by Crippen LogP contribution is -2.45. The summed E-state index contributed by atoms with van der Waals surface area (Å²) >= 11 is 0. The van der Waals surface area contributed by atoms with E-state index < -0.39 is 24.6 Å². The average molecular weight is 263 g/mol. The predicted molar refractivity (Wildman–Crippen MR) is 66.2 cm³/mol. The third-order valence-electron chi connectivity index (χ3n) is 2.22. The van der Waals surface area contributed by atoms with Gasteiger partial charge in [0.15, 0.2) is 6.04 Å². The summed E-state index contributed by atoms with van der Waals surface area (Å²) in [5, 5.41) is 22.3. The van der Waals surface area contributed by atoms with E-state index in [0.29, 0.717) is 11.3 Å². The van der Waals surface area contributed by atoms with Crippen molar-refractivity contribution in [1.29, 1.82) is 5.26 Å². The van der Waals surface area contributed by atoms with Gasteiger partial charge in [0.2, 0.25) is 0 Å². The SMILES string of the molecule is COC(=O)C(CO)NC(=O)Nc1cccc(C#N)c1. The Labute approximate surface area is 109 Å². The summed E-state index contributed by atoms with van der Waals surface area (Å²) in [5.41, 5.74) is 0.794. The van der Waals surface area contributed by atoms with Crippen molar-refractivity contribution in [1.82, 2.24) is 5.32 Å². The second-order valence-electron chi connectivity index (χ2n) is 3.55. The van der Waals surface area contributed by atoms with Crippen LogP contribution in [0.2, 0.25) is 0 Å². The molecule has 0 aliphatic carbocycles. The fraction of sp³-hybridized carbons (Fsp3) is 0.250. The van der Waals surface area contributed by atoms with E-state index in [1.807, 2.05) is 6.07 Å². The van der Waals surface area contributed by atoms with Gasteiger partial charge in [-0.1, -0.05) is 6.07 Å². The lowest BCUT2D eigenvalue weighted by Gasteiger charge is -2.14. The lowest BCUT2D eigenvalue weighted by molar-refractivity contribution is -0.143. The van der Waals surface area contributed by atoms with Crippen LogP contribution in [0.5, 0.6) is 0 Å². The number of hydrogen-bond donors (Lipinski definition) is 3. The normalized spacial score (nSPS) is 11.0. The van der Waals surface area contributed by atoms with Gasteiger partial charge >= 0.3 is 12.0 Å². The van der Waals surface area contributed by atoms with E-state index in [4.69, 9.17) is 10.4 Å². The first-order valence-corrected chi connectivity index (χ1v) is 5.37. The molecular formula is C12H13N3O4. The highest BCUT2D eigenvalue weighted by molar-refractivity contribution is 5.92. The van der Waals surface area contributed by atoms with Crippen LogP contribution in [0.15, 0.2) is 24.3 Å². The molecule has 0 aliphatic heterocycles. The predicted octanol–water partition coefficient (Wildman–Crippen LogP) is 0.214. The number of carbonyl (C=O) groups is 2. The molecule has 100 valence electrons. The van der Waals surface area contributed by atoms with Crippen LogP contribution in [0.1, 0.15) is 5.56 Å². The molecule has 0 bridgehead atoms. The van der Waals surface area contributed by atoms with Gasteiger partial charge in [-0.15, -0.1) is 0 Å². The third-order valence-corrected chi connectivity index (χ3v) is 2.22. The number of urea groups is 1. The van der Waals surface area contributed by atoms with Crippen LogP contribution in [0.25, 0.3) is 0 Å². The topological polar surface area (TPSA) is 111 Å². The Morgan fingerprint density at radius 2 is 2.26 bits per heavy atom. The summed E-state index contributed by atoms with van der Waals surface area (Å²) in [5.74, 6) is -0.747. The second-order valence-corrected chi connectivity index (χ2v) is 3.55. The number of hydrogen-bond acceptors (Lipinski definition) is 5. The molecule has 0 spiro atoms. The Morgan fingerprint density at radius 3 is 2.84 bits per heavy atom. The Morgan fingerprint density at radius 1 is 1.53 bits per heavy atom. The van der Waals surface area contributed by atoms with Crippen molar-refractivity contribution in [2.45, 2.75) is 6.04 Å². The molecule has 7 heteroatoms. The minimum Gasteiger partial charge on any atom is -0.467 e. The minimum atomic E-state index is -1.14. The van der Waals surface area contributed by atoms with Crippen LogP contribution in [0, 0.1) is 11.3 Å². The van der Waals surface area contributed by atoms with Gasteiger partial charge in [0.25, 0.3) is 0 Å². The number of ether oxygens (including phenoxy) is 1. The Hall–Kier alpha value is -2.59. The summed E-state index contributed by atoms with van der Waals surface area (Å²) in [6.07, 6.45) is 0.